The largest absolute Gasteiger partial charge is 0.466 e. The molecule has 0 spiro atoms. The SMILES string of the molecule is CC.CCOC(=O)C1CCCN(C(=O)OC(C)(C)C)C1. The van der Waals surface area contributed by atoms with Crippen LogP contribution >= 0.6 is 0 Å². The van der Waals surface area contributed by atoms with E-state index in [0.717, 1.165) is 12.8 Å². The van der Waals surface area contributed by atoms with Crippen LogP contribution in [0.3, 0.4) is 0 Å². The van der Waals surface area contributed by atoms with E-state index in [-0.39, 0.29) is 18.0 Å². The van der Waals surface area contributed by atoms with Crippen LogP contribution in [0.2, 0.25) is 0 Å². The molecule has 1 heterocycles. The summed E-state index contributed by atoms with van der Waals surface area (Å²) >= 11 is 0. The first kappa shape index (κ1) is 18.7. The quantitative estimate of drug-likeness (QED) is 0.732. The number of piperidine rings is 1. The molecule has 1 atom stereocenters. The molecule has 1 rings (SSSR count). The summed E-state index contributed by atoms with van der Waals surface area (Å²) in [6.45, 7) is 12.7. The fourth-order valence-electron chi connectivity index (χ4n) is 1.92. The van der Waals surface area contributed by atoms with Crippen LogP contribution in [0.1, 0.15) is 54.4 Å². The molecule has 1 unspecified atom stereocenters. The van der Waals surface area contributed by atoms with Crippen LogP contribution in [0.25, 0.3) is 0 Å². The molecule has 0 aliphatic carbocycles. The predicted molar refractivity (Wildman–Crippen MR) is 78.5 cm³/mol. The number of carbonyl (C=O) groups is 2. The Morgan fingerprint density at radius 2 is 1.85 bits per heavy atom. The minimum absolute atomic E-state index is 0.216. The van der Waals surface area contributed by atoms with Gasteiger partial charge >= 0.3 is 12.1 Å². The summed E-state index contributed by atoms with van der Waals surface area (Å²) in [5, 5.41) is 0. The molecule has 0 saturated carbocycles. The molecule has 0 radical (unpaired) electrons. The molecule has 0 N–H and O–H groups in total. The third-order valence-electron chi connectivity index (χ3n) is 2.69. The van der Waals surface area contributed by atoms with E-state index < -0.39 is 5.60 Å². The molecule has 1 fully saturated rings. The van der Waals surface area contributed by atoms with Crippen molar-refractivity contribution >= 4 is 12.1 Å². The summed E-state index contributed by atoms with van der Waals surface area (Å²) in [7, 11) is 0. The van der Waals surface area contributed by atoms with E-state index in [2.05, 4.69) is 0 Å². The number of ether oxygens (including phenoxy) is 2. The topological polar surface area (TPSA) is 55.8 Å². The van der Waals surface area contributed by atoms with Gasteiger partial charge in [-0.2, -0.15) is 0 Å². The van der Waals surface area contributed by atoms with Crippen LogP contribution in [-0.2, 0) is 14.3 Å². The number of carbonyl (C=O) groups excluding carboxylic acids is 2. The van der Waals surface area contributed by atoms with Crippen LogP contribution in [0, 0.1) is 5.92 Å². The van der Waals surface area contributed by atoms with Crippen LogP contribution < -0.4 is 0 Å². The second kappa shape index (κ2) is 8.82. The van der Waals surface area contributed by atoms with Crippen molar-refractivity contribution in [3.05, 3.63) is 0 Å². The van der Waals surface area contributed by atoms with Crippen LogP contribution in [0.15, 0.2) is 0 Å². The highest BCUT2D eigenvalue weighted by Gasteiger charge is 2.31. The van der Waals surface area contributed by atoms with Crippen molar-refractivity contribution in [3.63, 3.8) is 0 Å². The second-order valence-corrected chi connectivity index (χ2v) is 5.52. The van der Waals surface area contributed by atoms with Gasteiger partial charge in [-0.05, 0) is 40.5 Å². The van der Waals surface area contributed by atoms with Crippen LogP contribution in [0.4, 0.5) is 4.79 Å². The Labute approximate surface area is 122 Å². The molecular formula is C15H29NO4. The van der Waals surface area contributed by atoms with Gasteiger partial charge in [-0.15, -0.1) is 0 Å². The Hall–Kier alpha value is -1.26. The number of nitrogens with zero attached hydrogens (tertiary/aromatic N) is 1. The third kappa shape index (κ3) is 6.78. The molecule has 5 heteroatoms. The van der Waals surface area contributed by atoms with Crippen LogP contribution in [-0.4, -0.2) is 42.3 Å². The normalized spacial score (nSPS) is 18.7. The molecule has 1 aliphatic heterocycles. The summed E-state index contributed by atoms with van der Waals surface area (Å²) in [4.78, 5) is 25.1. The van der Waals surface area contributed by atoms with Gasteiger partial charge in [0.25, 0.3) is 0 Å². The molecule has 1 amide bonds. The van der Waals surface area contributed by atoms with Gasteiger partial charge in [0.15, 0.2) is 0 Å². The predicted octanol–water partition coefficient (Wildman–Crippen LogP) is 3.22. The maximum absolute atomic E-state index is 11.9. The van der Waals surface area contributed by atoms with E-state index in [1.807, 2.05) is 34.6 Å². The number of likely N-dealkylation sites (tertiary alicyclic amines) is 1. The van der Waals surface area contributed by atoms with E-state index in [1.54, 1.807) is 11.8 Å². The molecule has 20 heavy (non-hydrogen) atoms. The highest BCUT2D eigenvalue weighted by molar-refractivity contribution is 5.75. The van der Waals surface area contributed by atoms with E-state index in [4.69, 9.17) is 9.47 Å². The zero-order valence-electron chi connectivity index (χ0n) is 13.7. The number of rotatable bonds is 2. The van der Waals surface area contributed by atoms with E-state index >= 15 is 0 Å². The molecule has 0 aromatic heterocycles. The lowest BCUT2D eigenvalue weighted by atomic mass is 9.98. The Balaban J connectivity index is 0.00000172. The fourth-order valence-corrected chi connectivity index (χ4v) is 1.92. The summed E-state index contributed by atoms with van der Waals surface area (Å²) in [5.41, 5.74) is -0.506. The third-order valence-corrected chi connectivity index (χ3v) is 2.69. The van der Waals surface area contributed by atoms with Crippen molar-refractivity contribution in [2.75, 3.05) is 19.7 Å². The smallest absolute Gasteiger partial charge is 0.410 e. The van der Waals surface area contributed by atoms with Crippen molar-refractivity contribution in [3.8, 4) is 0 Å². The summed E-state index contributed by atoms with van der Waals surface area (Å²) in [6, 6.07) is 0. The number of esters is 1. The Bertz CT molecular complexity index is 309. The highest BCUT2D eigenvalue weighted by atomic mass is 16.6. The molecular weight excluding hydrogens is 258 g/mol. The van der Waals surface area contributed by atoms with E-state index in [0.29, 0.717) is 19.7 Å². The first-order valence-corrected chi connectivity index (χ1v) is 7.48. The fraction of sp³-hybridized carbons (Fsp3) is 0.867. The Morgan fingerprint density at radius 3 is 2.35 bits per heavy atom. The molecule has 5 nitrogen and oxygen atoms in total. The van der Waals surface area contributed by atoms with Crippen LogP contribution in [0.5, 0.6) is 0 Å². The minimum Gasteiger partial charge on any atom is -0.466 e. The van der Waals surface area contributed by atoms with Gasteiger partial charge in [-0.1, -0.05) is 13.8 Å². The Kier molecular flexibility index (Phi) is 8.26. The van der Waals surface area contributed by atoms with Crippen molar-refractivity contribution in [1.29, 1.82) is 0 Å². The summed E-state index contributed by atoms with van der Waals surface area (Å²) in [5.74, 6) is -0.433. The van der Waals surface area contributed by atoms with Crippen molar-refractivity contribution in [2.24, 2.45) is 5.92 Å². The molecule has 0 aromatic rings. The molecule has 1 aliphatic rings. The number of amides is 1. The monoisotopic (exact) mass is 287 g/mol. The zero-order valence-corrected chi connectivity index (χ0v) is 13.7. The minimum atomic E-state index is -0.506. The molecule has 0 bridgehead atoms. The van der Waals surface area contributed by atoms with E-state index in [9.17, 15) is 9.59 Å². The lowest BCUT2D eigenvalue weighted by Gasteiger charge is -2.33. The van der Waals surface area contributed by atoms with Gasteiger partial charge in [0.1, 0.15) is 5.60 Å². The van der Waals surface area contributed by atoms with E-state index in [1.165, 1.54) is 0 Å². The first-order valence-electron chi connectivity index (χ1n) is 7.48. The van der Waals surface area contributed by atoms with Gasteiger partial charge in [0.05, 0.1) is 12.5 Å². The molecule has 1 saturated heterocycles. The molecule has 118 valence electrons. The maximum atomic E-state index is 11.9. The summed E-state index contributed by atoms with van der Waals surface area (Å²) in [6.07, 6.45) is 1.23. The van der Waals surface area contributed by atoms with Gasteiger partial charge in [-0.25, -0.2) is 4.79 Å². The first-order chi connectivity index (χ1) is 9.33. The average molecular weight is 287 g/mol. The van der Waals surface area contributed by atoms with Gasteiger partial charge in [0.2, 0.25) is 0 Å². The van der Waals surface area contributed by atoms with Gasteiger partial charge < -0.3 is 14.4 Å². The lowest BCUT2D eigenvalue weighted by molar-refractivity contribution is -0.149. The summed E-state index contributed by atoms with van der Waals surface area (Å²) < 4.78 is 10.3. The average Bonchev–Trinajstić information content (AvgIpc) is 2.39. The maximum Gasteiger partial charge on any atom is 0.410 e. The van der Waals surface area contributed by atoms with Gasteiger partial charge in [0, 0.05) is 13.1 Å². The number of hydrogen-bond acceptors (Lipinski definition) is 4. The Morgan fingerprint density at radius 1 is 1.25 bits per heavy atom. The standard InChI is InChI=1S/C13H23NO4.C2H6/c1-5-17-11(15)10-7-6-8-14(9-10)12(16)18-13(2,3)4;1-2/h10H,5-9H2,1-4H3;1-2H3. The lowest BCUT2D eigenvalue weighted by Crippen LogP contribution is -2.45. The van der Waals surface area contributed by atoms with Gasteiger partial charge in [-0.3, -0.25) is 4.79 Å². The van der Waals surface area contributed by atoms with Crippen molar-refractivity contribution in [1.82, 2.24) is 4.90 Å². The molecule has 0 aromatic carbocycles. The van der Waals surface area contributed by atoms with Crippen molar-refractivity contribution < 1.29 is 19.1 Å². The number of hydrogen-bond donors (Lipinski definition) is 0. The second-order valence-electron chi connectivity index (χ2n) is 5.52. The highest BCUT2D eigenvalue weighted by Crippen LogP contribution is 2.20. The zero-order chi connectivity index (χ0) is 15.8. The van der Waals surface area contributed by atoms with Crippen molar-refractivity contribution in [2.45, 2.75) is 60.0 Å².